The van der Waals surface area contributed by atoms with Crippen LogP contribution in [0.3, 0.4) is 0 Å². The molecule has 17 heavy (non-hydrogen) atoms. The van der Waals surface area contributed by atoms with Crippen molar-refractivity contribution < 1.29 is 4.79 Å². The average molecular weight is 244 g/mol. The predicted octanol–water partition coefficient (Wildman–Crippen LogP) is 2.94. The lowest BCUT2D eigenvalue weighted by molar-refractivity contribution is -0.118. The molecule has 1 atom stereocenters. The summed E-state index contributed by atoms with van der Waals surface area (Å²) >= 11 is 6.00. The Balaban J connectivity index is 2.34. The van der Waals surface area contributed by atoms with Crippen LogP contribution >= 0.6 is 11.6 Å². The second kappa shape index (κ2) is 3.60. The molecule has 0 fully saturated rings. The number of carbonyl (C=O) groups is 1. The normalized spacial score (nSPS) is 16.4. The van der Waals surface area contributed by atoms with Crippen LogP contribution in [-0.4, -0.2) is 5.91 Å². The Hall–Kier alpha value is -1.80. The highest BCUT2D eigenvalue weighted by molar-refractivity contribution is 6.31. The molecule has 0 saturated carbocycles. The Bertz CT molecular complexity index is 621. The Kier molecular flexibility index (Phi) is 2.20. The fourth-order valence-corrected chi connectivity index (χ4v) is 2.65. The molecular weight excluding hydrogens is 234 g/mol. The van der Waals surface area contributed by atoms with Crippen molar-refractivity contribution in [3.8, 4) is 11.1 Å². The van der Waals surface area contributed by atoms with Gasteiger partial charge >= 0.3 is 0 Å². The van der Waals surface area contributed by atoms with Crippen LogP contribution in [0.25, 0.3) is 11.1 Å². The zero-order chi connectivity index (χ0) is 12.0. The summed E-state index contributed by atoms with van der Waals surface area (Å²) in [4.78, 5) is 11.6. The van der Waals surface area contributed by atoms with Gasteiger partial charge in [-0.2, -0.15) is 0 Å². The number of hydrogen-bond donors (Lipinski definition) is 1. The molecule has 2 N–H and O–H groups in total. The standard InChI is InChI=1S/C14H10ClNO/c15-8-5-6-11-12(7-8)9-3-1-2-4-10(9)13(11)14(16)17/h1-7,13H,(H2,16,17). The summed E-state index contributed by atoms with van der Waals surface area (Å²) in [6.07, 6.45) is 0. The molecule has 3 heteroatoms. The maximum absolute atomic E-state index is 11.6. The zero-order valence-electron chi connectivity index (χ0n) is 8.98. The van der Waals surface area contributed by atoms with Gasteiger partial charge in [-0.05, 0) is 34.4 Å². The molecule has 3 rings (SSSR count). The van der Waals surface area contributed by atoms with E-state index in [1.54, 1.807) is 6.07 Å². The topological polar surface area (TPSA) is 43.1 Å². The van der Waals surface area contributed by atoms with Gasteiger partial charge in [-0.1, -0.05) is 41.9 Å². The summed E-state index contributed by atoms with van der Waals surface area (Å²) in [5, 5.41) is 0.670. The molecule has 2 nitrogen and oxygen atoms in total. The number of primary amides is 1. The van der Waals surface area contributed by atoms with Crippen molar-refractivity contribution in [3.63, 3.8) is 0 Å². The third-order valence-corrected chi connectivity index (χ3v) is 3.41. The first-order chi connectivity index (χ1) is 8.18. The van der Waals surface area contributed by atoms with E-state index in [9.17, 15) is 4.79 Å². The van der Waals surface area contributed by atoms with Gasteiger partial charge in [-0.15, -0.1) is 0 Å². The Morgan fingerprint density at radius 3 is 2.53 bits per heavy atom. The average Bonchev–Trinajstić information content (AvgIpc) is 2.63. The number of halogens is 1. The predicted molar refractivity (Wildman–Crippen MR) is 67.9 cm³/mol. The quantitative estimate of drug-likeness (QED) is 0.822. The van der Waals surface area contributed by atoms with Gasteiger partial charge in [0.1, 0.15) is 0 Å². The second-order valence-electron chi connectivity index (χ2n) is 4.15. The minimum atomic E-state index is -0.349. The molecule has 2 aromatic rings. The van der Waals surface area contributed by atoms with E-state index in [4.69, 9.17) is 17.3 Å². The van der Waals surface area contributed by atoms with E-state index in [0.29, 0.717) is 5.02 Å². The first-order valence-corrected chi connectivity index (χ1v) is 5.74. The number of benzene rings is 2. The molecule has 0 heterocycles. The molecule has 0 bridgehead atoms. The summed E-state index contributed by atoms with van der Waals surface area (Å²) in [6.45, 7) is 0. The SMILES string of the molecule is NC(=O)C1c2ccccc2-c2cc(Cl)ccc21. The first kappa shape index (κ1) is 10.4. The molecule has 1 amide bonds. The lowest BCUT2D eigenvalue weighted by Crippen LogP contribution is -2.20. The zero-order valence-corrected chi connectivity index (χ0v) is 9.74. The van der Waals surface area contributed by atoms with E-state index < -0.39 is 0 Å². The van der Waals surface area contributed by atoms with Gasteiger partial charge < -0.3 is 5.73 Å². The molecule has 1 aliphatic rings. The Labute approximate surface area is 104 Å². The van der Waals surface area contributed by atoms with Gasteiger partial charge in [-0.3, -0.25) is 4.79 Å². The van der Waals surface area contributed by atoms with Crippen molar-refractivity contribution in [3.05, 3.63) is 58.6 Å². The van der Waals surface area contributed by atoms with Gasteiger partial charge in [0.25, 0.3) is 0 Å². The van der Waals surface area contributed by atoms with E-state index in [2.05, 4.69) is 0 Å². The maximum Gasteiger partial charge on any atom is 0.229 e. The van der Waals surface area contributed by atoms with Crippen LogP contribution in [0.5, 0.6) is 0 Å². The Morgan fingerprint density at radius 2 is 1.76 bits per heavy atom. The number of nitrogens with two attached hydrogens (primary N) is 1. The number of amides is 1. The van der Waals surface area contributed by atoms with Crippen molar-refractivity contribution >= 4 is 17.5 Å². The van der Waals surface area contributed by atoms with Gasteiger partial charge in [0, 0.05) is 5.02 Å². The molecule has 1 unspecified atom stereocenters. The monoisotopic (exact) mass is 243 g/mol. The van der Waals surface area contributed by atoms with E-state index in [0.717, 1.165) is 22.3 Å². The maximum atomic E-state index is 11.6. The summed E-state index contributed by atoms with van der Waals surface area (Å²) in [5.41, 5.74) is 9.47. The highest BCUT2D eigenvalue weighted by Crippen LogP contribution is 2.45. The van der Waals surface area contributed by atoms with E-state index in [1.807, 2.05) is 36.4 Å². The number of hydrogen-bond acceptors (Lipinski definition) is 1. The smallest absolute Gasteiger partial charge is 0.229 e. The van der Waals surface area contributed by atoms with Gasteiger partial charge in [0.15, 0.2) is 0 Å². The van der Waals surface area contributed by atoms with Crippen LogP contribution in [0, 0.1) is 0 Å². The van der Waals surface area contributed by atoms with Crippen molar-refractivity contribution in [1.29, 1.82) is 0 Å². The molecule has 0 aliphatic heterocycles. The van der Waals surface area contributed by atoms with E-state index in [1.165, 1.54) is 0 Å². The second-order valence-corrected chi connectivity index (χ2v) is 4.59. The summed E-state index contributed by atoms with van der Waals surface area (Å²) in [6, 6.07) is 13.4. The summed E-state index contributed by atoms with van der Waals surface area (Å²) in [7, 11) is 0. The fraction of sp³-hybridized carbons (Fsp3) is 0.0714. The van der Waals surface area contributed by atoms with Crippen LogP contribution in [0.2, 0.25) is 5.02 Å². The molecule has 2 aromatic carbocycles. The molecular formula is C14H10ClNO. The van der Waals surface area contributed by atoms with Crippen LogP contribution in [0.1, 0.15) is 17.0 Å². The first-order valence-electron chi connectivity index (χ1n) is 5.36. The van der Waals surface area contributed by atoms with Gasteiger partial charge in [0.2, 0.25) is 5.91 Å². The van der Waals surface area contributed by atoms with Gasteiger partial charge in [-0.25, -0.2) is 0 Å². The fourth-order valence-electron chi connectivity index (χ4n) is 2.48. The lowest BCUT2D eigenvalue weighted by atomic mass is 9.96. The van der Waals surface area contributed by atoms with Crippen LogP contribution in [0.15, 0.2) is 42.5 Å². The molecule has 1 aliphatic carbocycles. The van der Waals surface area contributed by atoms with Gasteiger partial charge in [0.05, 0.1) is 5.92 Å². The highest BCUT2D eigenvalue weighted by atomic mass is 35.5. The molecule has 84 valence electrons. The molecule has 0 aromatic heterocycles. The van der Waals surface area contributed by atoms with Crippen LogP contribution < -0.4 is 5.73 Å². The molecule has 0 radical (unpaired) electrons. The third kappa shape index (κ3) is 1.45. The highest BCUT2D eigenvalue weighted by Gasteiger charge is 2.32. The third-order valence-electron chi connectivity index (χ3n) is 3.17. The summed E-state index contributed by atoms with van der Waals surface area (Å²) in [5.74, 6) is -0.669. The largest absolute Gasteiger partial charge is 0.369 e. The van der Waals surface area contributed by atoms with Crippen molar-refractivity contribution in [2.24, 2.45) is 5.73 Å². The molecule has 0 saturated heterocycles. The minimum absolute atomic E-state index is 0.321. The minimum Gasteiger partial charge on any atom is -0.369 e. The Morgan fingerprint density at radius 1 is 1.06 bits per heavy atom. The van der Waals surface area contributed by atoms with Crippen molar-refractivity contribution in [2.75, 3.05) is 0 Å². The van der Waals surface area contributed by atoms with E-state index >= 15 is 0 Å². The lowest BCUT2D eigenvalue weighted by Gasteiger charge is -2.08. The van der Waals surface area contributed by atoms with Crippen molar-refractivity contribution in [1.82, 2.24) is 0 Å². The number of rotatable bonds is 1. The summed E-state index contributed by atoms with van der Waals surface area (Å²) < 4.78 is 0. The molecule has 0 spiro atoms. The van der Waals surface area contributed by atoms with Crippen LogP contribution in [-0.2, 0) is 4.79 Å². The van der Waals surface area contributed by atoms with E-state index in [-0.39, 0.29) is 11.8 Å². The van der Waals surface area contributed by atoms with Crippen molar-refractivity contribution in [2.45, 2.75) is 5.92 Å². The van der Waals surface area contributed by atoms with Crippen LogP contribution in [0.4, 0.5) is 0 Å². The number of carbonyl (C=O) groups excluding carboxylic acids is 1. The number of fused-ring (bicyclic) bond motifs is 3.